The van der Waals surface area contributed by atoms with Crippen molar-refractivity contribution < 1.29 is 0 Å². The van der Waals surface area contributed by atoms with Gasteiger partial charge in [0.15, 0.2) is 0 Å². The first-order chi connectivity index (χ1) is 8.35. The summed E-state index contributed by atoms with van der Waals surface area (Å²) in [7, 11) is 0. The zero-order chi connectivity index (χ0) is 13.9. The summed E-state index contributed by atoms with van der Waals surface area (Å²) in [6.45, 7) is 8.63. The van der Waals surface area contributed by atoms with E-state index in [1.54, 1.807) is 0 Å². The molecule has 100 valence electrons. The molecule has 1 aliphatic carbocycles. The van der Waals surface area contributed by atoms with E-state index in [0.29, 0.717) is 5.92 Å². The molecule has 1 rings (SSSR count). The summed E-state index contributed by atoms with van der Waals surface area (Å²) in [5.41, 5.74) is 3.99. The quantitative estimate of drug-likeness (QED) is 0.562. The summed E-state index contributed by atoms with van der Waals surface area (Å²) in [6.07, 6.45) is 3.33. The number of hydrogen-bond acceptors (Lipinski definition) is 3. The number of hydrogen-bond donors (Lipinski definition) is 2. The van der Waals surface area contributed by atoms with Crippen LogP contribution in [0.25, 0.3) is 0 Å². The Labute approximate surface area is 122 Å². The third kappa shape index (κ3) is 3.16. The monoisotopic (exact) mass is 281 g/mol. The third-order valence-corrected chi connectivity index (χ3v) is 5.52. The molecule has 0 unspecified atom stereocenters. The van der Waals surface area contributed by atoms with Gasteiger partial charge in [0.05, 0.1) is 11.3 Å². The lowest BCUT2D eigenvalue weighted by atomic mass is 9.72. The molecule has 0 aromatic rings. The Kier molecular flexibility index (Phi) is 5.43. The standard InChI is InChI=1S/C15H23NS2/c1-10-5-13(6-11(10)2)7-15(4,12(3)9-17)14(18)8-16/h9,13-14,17-18H,5-7H2,1-4H3/b12-9+/t14-,15-/m1/s1. The van der Waals surface area contributed by atoms with Gasteiger partial charge in [0, 0.05) is 5.41 Å². The average Bonchev–Trinajstić information content (AvgIpc) is 2.65. The molecule has 0 spiro atoms. The Hall–Kier alpha value is -0.330. The molecular formula is C15H23NS2. The molecule has 0 N–H and O–H groups in total. The van der Waals surface area contributed by atoms with Crippen molar-refractivity contribution in [3.63, 3.8) is 0 Å². The zero-order valence-electron chi connectivity index (χ0n) is 11.7. The molecule has 0 radical (unpaired) electrons. The van der Waals surface area contributed by atoms with Crippen LogP contribution in [0.15, 0.2) is 22.1 Å². The second kappa shape index (κ2) is 6.21. The maximum Gasteiger partial charge on any atom is 0.0978 e. The van der Waals surface area contributed by atoms with Crippen LogP contribution < -0.4 is 0 Å². The van der Waals surface area contributed by atoms with Gasteiger partial charge in [0.1, 0.15) is 0 Å². The van der Waals surface area contributed by atoms with Crippen molar-refractivity contribution >= 4 is 25.3 Å². The van der Waals surface area contributed by atoms with Gasteiger partial charge in [-0.25, -0.2) is 0 Å². The number of nitriles is 1. The van der Waals surface area contributed by atoms with E-state index < -0.39 is 0 Å². The molecule has 18 heavy (non-hydrogen) atoms. The Morgan fingerprint density at radius 1 is 1.50 bits per heavy atom. The van der Waals surface area contributed by atoms with Gasteiger partial charge in [-0.05, 0) is 51.4 Å². The normalized spacial score (nSPS) is 22.8. The molecule has 0 heterocycles. The minimum absolute atomic E-state index is 0.185. The third-order valence-electron chi connectivity index (χ3n) is 4.45. The highest BCUT2D eigenvalue weighted by molar-refractivity contribution is 7.83. The molecule has 3 heteroatoms. The van der Waals surface area contributed by atoms with Crippen LogP contribution in [0.2, 0.25) is 0 Å². The molecule has 0 saturated carbocycles. The van der Waals surface area contributed by atoms with Gasteiger partial charge in [-0.15, -0.1) is 0 Å². The Bertz CT molecular complexity index is 403. The van der Waals surface area contributed by atoms with Crippen molar-refractivity contribution in [2.24, 2.45) is 11.3 Å². The first-order valence-electron chi connectivity index (χ1n) is 6.39. The van der Waals surface area contributed by atoms with Crippen molar-refractivity contribution in [1.82, 2.24) is 0 Å². The van der Waals surface area contributed by atoms with Crippen LogP contribution in [0, 0.1) is 22.7 Å². The fourth-order valence-corrected chi connectivity index (χ4v) is 3.41. The predicted molar refractivity (Wildman–Crippen MR) is 85.0 cm³/mol. The number of allylic oxidation sites excluding steroid dienone is 3. The molecule has 1 aliphatic rings. The minimum Gasteiger partial charge on any atom is -0.197 e. The molecule has 0 bridgehead atoms. The second-order valence-corrected chi connectivity index (χ2v) is 6.57. The highest BCUT2D eigenvalue weighted by Crippen LogP contribution is 2.45. The van der Waals surface area contributed by atoms with Crippen molar-refractivity contribution in [2.45, 2.75) is 52.2 Å². The maximum atomic E-state index is 9.20. The number of rotatable bonds is 4. The lowest BCUT2D eigenvalue weighted by Gasteiger charge is -2.35. The van der Waals surface area contributed by atoms with E-state index in [-0.39, 0.29) is 10.7 Å². The summed E-state index contributed by atoms with van der Waals surface area (Å²) >= 11 is 8.73. The van der Waals surface area contributed by atoms with Crippen molar-refractivity contribution in [2.75, 3.05) is 0 Å². The Morgan fingerprint density at radius 3 is 2.39 bits per heavy atom. The molecule has 0 aromatic heterocycles. The molecule has 0 aliphatic heterocycles. The first-order valence-corrected chi connectivity index (χ1v) is 7.42. The first kappa shape index (κ1) is 15.7. The van der Waals surface area contributed by atoms with Crippen LogP contribution in [0.1, 0.15) is 47.0 Å². The highest BCUT2D eigenvalue weighted by atomic mass is 32.1. The Balaban J connectivity index is 2.86. The summed E-state index contributed by atoms with van der Waals surface area (Å²) in [5, 5.41) is 10.7. The predicted octanol–water partition coefficient (Wildman–Crippen LogP) is 4.78. The zero-order valence-corrected chi connectivity index (χ0v) is 13.5. The van der Waals surface area contributed by atoms with Crippen LogP contribution >= 0.6 is 25.3 Å². The van der Waals surface area contributed by atoms with Crippen molar-refractivity contribution in [3.8, 4) is 6.07 Å². The van der Waals surface area contributed by atoms with Crippen LogP contribution in [0.4, 0.5) is 0 Å². The summed E-state index contributed by atoms with van der Waals surface area (Å²) in [6, 6.07) is 2.29. The molecular weight excluding hydrogens is 258 g/mol. The van der Waals surface area contributed by atoms with Gasteiger partial charge >= 0.3 is 0 Å². The van der Waals surface area contributed by atoms with E-state index in [1.165, 1.54) is 11.1 Å². The maximum absolute atomic E-state index is 9.20. The van der Waals surface area contributed by atoms with E-state index in [0.717, 1.165) is 24.8 Å². The minimum atomic E-state index is -0.276. The molecule has 0 amide bonds. The van der Waals surface area contributed by atoms with E-state index in [2.05, 4.69) is 59.0 Å². The van der Waals surface area contributed by atoms with Crippen molar-refractivity contribution in [3.05, 3.63) is 22.1 Å². The number of nitrogens with zero attached hydrogens (tertiary/aromatic N) is 1. The summed E-state index contributed by atoms with van der Waals surface area (Å²) < 4.78 is 0. The molecule has 1 nitrogen and oxygen atoms in total. The van der Waals surface area contributed by atoms with Crippen LogP contribution in [0.5, 0.6) is 0 Å². The Morgan fingerprint density at radius 2 is 2.00 bits per heavy atom. The van der Waals surface area contributed by atoms with Gasteiger partial charge in [0.2, 0.25) is 0 Å². The smallest absolute Gasteiger partial charge is 0.0978 e. The van der Waals surface area contributed by atoms with E-state index in [9.17, 15) is 5.26 Å². The van der Waals surface area contributed by atoms with Gasteiger partial charge in [-0.3, -0.25) is 0 Å². The average molecular weight is 281 g/mol. The van der Waals surface area contributed by atoms with Crippen LogP contribution in [-0.4, -0.2) is 5.25 Å². The SMILES string of the molecule is CC1=C(C)CC(C[C@](C)(/C(C)=C/S)[C@H](S)C#N)C1. The van der Waals surface area contributed by atoms with Gasteiger partial charge in [-0.2, -0.15) is 30.5 Å². The topological polar surface area (TPSA) is 23.8 Å². The molecule has 0 aromatic carbocycles. The van der Waals surface area contributed by atoms with Crippen LogP contribution in [-0.2, 0) is 0 Å². The van der Waals surface area contributed by atoms with Crippen molar-refractivity contribution in [1.29, 1.82) is 5.26 Å². The number of thiol groups is 2. The fraction of sp³-hybridized carbons (Fsp3) is 0.667. The molecule has 2 atom stereocenters. The largest absolute Gasteiger partial charge is 0.197 e. The van der Waals surface area contributed by atoms with Gasteiger partial charge in [-0.1, -0.05) is 23.6 Å². The lowest BCUT2D eigenvalue weighted by molar-refractivity contribution is 0.306. The van der Waals surface area contributed by atoms with Gasteiger partial charge < -0.3 is 0 Å². The van der Waals surface area contributed by atoms with E-state index in [1.807, 2.05) is 5.41 Å². The lowest BCUT2D eigenvalue weighted by Crippen LogP contribution is -2.31. The molecule has 0 fully saturated rings. The van der Waals surface area contributed by atoms with E-state index >= 15 is 0 Å². The molecule has 0 saturated heterocycles. The van der Waals surface area contributed by atoms with Gasteiger partial charge in [0.25, 0.3) is 0 Å². The van der Waals surface area contributed by atoms with E-state index in [4.69, 9.17) is 0 Å². The summed E-state index contributed by atoms with van der Waals surface area (Å²) in [5.74, 6) is 0.640. The summed E-state index contributed by atoms with van der Waals surface area (Å²) in [4.78, 5) is 0. The van der Waals surface area contributed by atoms with Crippen LogP contribution in [0.3, 0.4) is 0 Å². The highest BCUT2D eigenvalue weighted by Gasteiger charge is 2.37. The second-order valence-electron chi connectivity index (χ2n) is 5.80. The fourth-order valence-electron chi connectivity index (χ4n) is 2.81.